The van der Waals surface area contributed by atoms with Crippen LogP contribution in [0.4, 0.5) is 0 Å². The van der Waals surface area contributed by atoms with Crippen LogP contribution in [0.2, 0.25) is 0 Å². The summed E-state index contributed by atoms with van der Waals surface area (Å²) in [6, 6.07) is 1.43. The highest BCUT2D eigenvalue weighted by Gasteiger charge is 2.26. The number of carbonyl (C=O) groups is 2. The molecule has 0 bridgehead atoms. The van der Waals surface area contributed by atoms with Gasteiger partial charge in [-0.15, -0.1) is 0 Å². The average Bonchev–Trinajstić information content (AvgIpc) is 2.51. The Bertz CT molecular complexity index is 643. The topological polar surface area (TPSA) is 113 Å². The SMILES string of the molecule is CCC(=C(C(=O)O)C(=O)O)c1cc(OC)c(O)c(OC)c1CC. The number of rotatable bonds is 7. The summed E-state index contributed by atoms with van der Waals surface area (Å²) < 4.78 is 10.3. The van der Waals surface area contributed by atoms with E-state index in [0.717, 1.165) is 0 Å². The number of allylic oxidation sites excluding steroid dienone is 1. The van der Waals surface area contributed by atoms with Crippen molar-refractivity contribution in [1.29, 1.82) is 0 Å². The first-order valence-corrected chi connectivity index (χ1v) is 7.00. The van der Waals surface area contributed by atoms with Gasteiger partial charge in [0, 0.05) is 5.56 Å². The third kappa shape index (κ3) is 3.39. The second-order valence-electron chi connectivity index (χ2n) is 4.66. The van der Waals surface area contributed by atoms with Crippen molar-refractivity contribution >= 4 is 17.5 Å². The lowest BCUT2D eigenvalue weighted by atomic mass is 9.91. The molecule has 0 amide bonds. The number of carboxylic acids is 2. The van der Waals surface area contributed by atoms with E-state index in [-0.39, 0.29) is 29.2 Å². The van der Waals surface area contributed by atoms with Crippen LogP contribution in [0.3, 0.4) is 0 Å². The van der Waals surface area contributed by atoms with Gasteiger partial charge in [0.25, 0.3) is 0 Å². The number of benzene rings is 1. The highest BCUT2D eigenvalue weighted by molar-refractivity contribution is 6.18. The highest BCUT2D eigenvalue weighted by Crippen LogP contribution is 2.44. The molecule has 0 spiro atoms. The number of hydrogen-bond acceptors (Lipinski definition) is 5. The van der Waals surface area contributed by atoms with Crippen molar-refractivity contribution in [3.8, 4) is 17.2 Å². The lowest BCUT2D eigenvalue weighted by Gasteiger charge is -2.19. The molecule has 0 saturated heterocycles. The van der Waals surface area contributed by atoms with Crippen molar-refractivity contribution in [2.45, 2.75) is 26.7 Å². The van der Waals surface area contributed by atoms with E-state index in [4.69, 9.17) is 9.47 Å². The molecule has 1 aromatic rings. The maximum atomic E-state index is 11.3. The molecule has 0 radical (unpaired) electrons. The van der Waals surface area contributed by atoms with Gasteiger partial charge in [-0.2, -0.15) is 0 Å². The van der Waals surface area contributed by atoms with Crippen molar-refractivity contribution in [3.63, 3.8) is 0 Å². The zero-order valence-corrected chi connectivity index (χ0v) is 13.5. The molecule has 23 heavy (non-hydrogen) atoms. The molecule has 0 saturated carbocycles. The number of phenols is 1. The monoisotopic (exact) mass is 324 g/mol. The number of methoxy groups -OCH3 is 2. The van der Waals surface area contributed by atoms with Crippen LogP contribution in [0.1, 0.15) is 31.4 Å². The first kappa shape index (κ1) is 18.3. The molecule has 0 fully saturated rings. The Kier molecular flexibility index (Phi) is 6.01. The van der Waals surface area contributed by atoms with E-state index in [9.17, 15) is 24.9 Å². The van der Waals surface area contributed by atoms with Gasteiger partial charge >= 0.3 is 11.9 Å². The highest BCUT2D eigenvalue weighted by atomic mass is 16.5. The summed E-state index contributed by atoms with van der Waals surface area (Å²) in [6.07, 6.45) is 0.587. The largest absolute Gasteiger partial charge is 0.502 e. The fourth-order valence-electron chi connectivity index (χ4n) is 2.51. The summed E-state index contributed by atoms with van der Waals surface area (Å²) in [5, 5.41) is 28.6. The van der Waals surface area contributed by atoms with Gasteiger partial charge in [-0.1, -0.05) is 13.8 Å². The van der Waals surface area contributed by atoms with Crippen LogP contribution in [-0.4, -0.2) is 41.5 Å². The van der Waals surface area contributed by atoms with E-state index in [1.54, 1.807) is 13.8 Å². The minimum absolute atomic E-state index is 0.0788. The zero-order valence-electron chi connectivity index (χ0n) is 13.5. The Labute approximate surface area is 133 Å². The van der Waals surface area contributed by atoms with Gasteiger partial charge in [0.05, 0.1) is 14.2 Å². The third-order valence-electron chi connectivity index (χ3n) is 3.51. The van der Waals surface area contributed by atoms with E-state index in [1.165, 1.54) is 20.3 Å². The van der Waals surface area contributed by atoms with E-state index in [2.05, 4.69) is 0 Å². The van der Waals surface area contributed by atoms with Crippen molar-refractivity contribution in [2.75, 3.05) is 14.2 Å². The minimum Gasteiger partial charge on any atom is -0.502 e. The van der Waals surface area contributed by atoms with Crippen LogP contribution in [-0.2, 0) is 16.0 Å². The Balaban J connectivity index is 3.91. The van der Waals surface area contributed by atoms with Crippen molar-refractivity contribution in [2.24, 2.45) is 0 Å². The number of hydrogen-bond donors (Lipinski definition) is 3. The van der Waals surface area contributed by atoms with Gasteiger partial charge in [0.2, 0.25) is 5.75 Å². The number of phenolic OH excluding ortho intramolecular Hbond substituents is 1. The normalized spacial score (nSPS) is 10.1. The molecule has 0 aliphatic heterocycles. The summed E-state index contributed by atoms with van der Waals surface area (Å²) in [6.45, 7) is 3.45. The molecule has 1 aromatic carbocycles. The second kappa shape index (κ2) is 7.53. The molecule has 0 aliphatic rings. The fraction of sp³-hybridized carbons (Fsp3) is 0.375. The maximum Gasteiger partial charge on any atom is 0.343 e. The Morgan fingerprint density at radius 2 is 1.65 bits per heavy atom. The standard InChI is InChI=1S/C16H20O7/c1-5-8(12(15(18)19)16(20)21)10-7-11(22-3)13(17)14(23-4)9(10)6-2/h7,17H,5-6H2,1-4H3,(H,18,19)(H,20,21). The summed E-state index contributed by atoms with van der Waals surface area (Å²) in [5.74, 6) is -3.04. The summed E-state index contributed by atoms with van der Waals surface area (Å²) in [4.78, 5) is 22.7. The van der Waals surface area contributed by atoms with E-state index in [0.29, 0.717) is 17.5 Å². The molecule has 1 rings (SSSR count). The van der Waals surface area contributed by atoms with Gasteiger partial charge < -0.3 is 24.8 Å². The molecule has 3 N–H and O–H groups in total. The van der Waals surface area contributed by atoms with Crippen LogP contribution < -0.4 is 9.47 Å². The average molecular weight is 324 g/mol. The van der Waals surface area contributed by atoms with Crippen LogP contribution >= 0.6 is 0 Å². The summed E-state index contributed by atoms with van der Waals surface area (Å²) in [7, 11) is 2.70. The molecule has 0 aromatic heterocycles. The van der Waals surface area contributed by atoms with Crippen molar-refractivity contribution in [1.82, 2.24) is 0 Å². The Morgan fingerprint density at radius 1 is 1.09 bits per heavy atom. The molecule has 0 aliphatic carbocycles. The van der Waals surface area contributed by atoms with Gasteiger partial charge in [0.1, 0.15) is 5.57 Å². The lowest BCUT2D eigenvalue weighted by molar-refractivity contribution is -0.140. The number of aliphatic carboxylic acids is 2. The molecule has 0 unspecified atom stereocenters. The van der Waals surface area contributed by atoms with Crippen LogP contribution in [0.5, 0.6) is 17.2 Å². The predicted octanol–water partition coefficient (Wildman–Crippen LogP) is 2.30. The Morgan fingerprint density at radius 3 is 2.00 bits per heavy atom. The molecular formula is C16H20O7. The minimum atomic E-state index is -1.53. The van der Waals surface area contributed by atoms with Crippen LogP contribution in [0, 0.1) is 0 Å². The molecule has 126 valence electrons. The first-order valence-electron chi connectivity index (χ1n) is 7.00. The van der Waals surface area contributed by atoms with Crippen LogP contribution in [0.15, 0.2) is 11.6 Å². The van der Waals surface area contributed by atoms with Gasteiger partial charge in [-0.05, 0) is 30.0 Å². The predicted molar refractivity (Wildman–Crippen MR) is 83.1 cm³/mol. The quantitative estimate of drug-likeness (QED) is 0.400. The molecule has 0 heterocycles. The third-order valence-corrected chi connectivity index (χ3v) is 3.51. The summed E-state index contributed by atoms with van der Waals surface area (Å²) in [5.41, 5.74) is 0.319. The van der Waals surface area contributed by atoms with Gasteiger partial charge in [0.15, 0.2) is 11.5 Å². The molecule has 7 nitrogen and oxygen atoms in total. The zero-order chi connectivity index (χ0) is 17.7. The first-order chi connectivity index (χ1) is 10.8. The van der Waals surface area contributed by atoms with E-state index >= 15 is 0 Å². The molecular weight excluding hydrogens is 304 g/mol. The van der Waals surface area contributed by atoms with E-state index < -0.39 is 17.5 Å². The molecule has 7 heteroatoms. The smallest absolute Gasteiger partial charge is 0.343 e. The lowest BCUT2D eigenvalue weighted by Crippen LogP contribution is -2.14. The van der Waals surface area contributed by atoms with Crippen LogP contribution in [0.25, 0.3) is 5.57 Å². The fourth-order valence-corrected chi connectivity index (χ4v) is 2.51. The van der Waals surface area contributed by atoms with Crippen molar-refractivity contribution < 1.29 is 34.4 Å². The Hall–Kier alpha value is -2.70. The van der Waals surface area contributed by atoms with Gasteiger partial charge in [-0.3, -0.25) is 0 Å². The maximum absolute atomic E-state index is 11.3. The number of ether oxygens (including phenoxy) is 2. The van der Waals surface area contributed by atoms with Gasteiger partial charge in [-0.25, -0.2) is 9.59 Å². The second-order valence-corrected chi connectivity index (χ2v) is 4.66. The number of aromatic hydroxyl groups is 1. The summed E-state index contributed by atoms with van der Waals surface area (Å²) >= 11 is 0. The van der Waals surface area contributed by atoms with E-state index in [1.807, 2.05) is 0 Å². The molecule has 0 atom stereocenters. The number of carboxylic acid groups (broad SMARTS) is 2. The van der Waals surface area contributed by atoms with Crippen molar-refractivity contribution in [3.05, 3.63) is 22.8 Å².